The molecule has 2 bridgehead atoms. The van der Waals surface area contributed by atoms with E-state index >= 15 is 0 Å². The molecule has 3 fully saturated rings. The zero-order valence-corrected chi connectivity index (χ0v) is 22.5. The highest BCUT2D eigenvalue weighted by atomic mass is 16.5. The molecule has 0 aliphatic carbocycles. The highest BCUT2D eigenvalue weighted by Crippen LogP contribution is 2.59. The molecule has 3 aliphatic rings. The molecular formula is C28H45N3O5. The summed E-state index contributed by atoms with van der Waals surface area (Å²) < 4.78 is 6.55. The van der Waals surface area contributed by atoms with Gasteiger partial charge in [0.1, 0.15) is 11.6 Å². The Hall–Kier alpha value is -2.19. The fourth-order valence-electron chi connectivity index (χ4n) is 6.53. The number of carbonyl (C=O) groups excluding carboxylic acids is 3. The minimum absolute atomic E-state index is 0.0211. The fraction of sp³-hybridized carbons (Fsp3) is 0.750. The molecule has 8 heteroatoms. The van der Waals surface area contributed by atoms with E-state index in [2.05, 4.69) is 20.1 Å². The van der Waals surface area contributed by atoms with Gasteiger partial charge in [0, 0.05) is 26.7 Å². The third-order valence-electron chi connectivity index (χ3n) is 8.57. The van der Waals surface area contributed by atoms with Gasteiger partial charge >= 0.3 is 0 Å². The van der Waals surface area contributed by atoms with Gasteiger partial charge in [-0.2, -0.15) is 0 Å². The van der Waals surface area contributed by atoms with Gasteiger partial charge in [0.25, 0.3) is 0 Å². The van der Waals surface area contributed by atoms with Crippen molar-refractivity contribution in [3.05, 3.63) is 25.3 Å². The number of likely N-dealkylation sites (tertiary alicyclic amines) is 1. The fourth-order valence-corrected chi connectivity index (χ4v) is 6.53. The molecule has 0 aromatic carbocycles. The summed E-state index contributed by atoms with van der Waals surface area (Å²) in [4.78, 5) is 46.9. The van der Waals surface area contributed by atoms with Gasteiger partial charge < -0.3 is 24.5 Å². The van der Waals surface area contributed by atoms with Crippen molar-refractivity contribution < 1.29 is 24.2 Å². The van der Waals surface area contributed by atoms with E-state index in [-0.39, 0.29) is 36.4 Å². The first-order valence-electron chi connectivity index (χ1n) is 13.6. The van der Waals surface area contributed by atoms with Crippen molar-refractivity contribution in [2.45, 2.75) is 83.1 Å². The highest BCUT2D eigenvalue weighted by Gasteiger charge is 2.75. The van der Waals surface area contributed by atoms with Crippen molar-refractivity contribution in [3.63, 3.8) is 0 Å². The van der Waals surface area contributed by atoms with Gasteiger partial charge in [0.15, 0.2) is 0 Å². The van der Waals surface area contributed by atoms with Crippen LogP contribution in [0.1, 0.15) is 59.3 Å². The number of aliphatic hydroxyl groups is 1. The van der Waals surface area contributed by atoms with Crippen LogP contribution in [0, 0.1) is 17.8 Å². The molecule has 3 saturated heterocycles. The zero-order chi connectivity index (χ0) is 26.6. The predicted molar refractivity (Wildman–Crippen MR) is 139 cm³/mol. The summed E-state index contributed by atoms with van der Waals surface area (Å²) in [7, 11) is 1.71. The summed E-state index contributed by atoms with van der Waals surface area (Å²) in [5.74, 6) is -1.95. The first kappa shape index (κ1) is 28.4. The van der Waals surface area contributed by atoms with Crippen LogP contribution in [0.4, 0.5) is 0 Å². The first-order valence-corrected chi connectivity index (χ1v) is 13.6. The van der Waals surface area contributed by atoms with E-state index in [0.29, 0.717) is 32.5 Å². The molecule has 36 heavy (non-hydrogen) atoms. The van der Waals surface area contributed by atoms with Gasteiger partial charge in [-0.3, -0.25) is 14.4 Å². The lowest BCUT2D eigenvalue weighted by atomic mass is 9.70. The molecule has 1 spiro atoms. The molecule has 3 heterocycles. The molecule has 0 aromatic rings. The molecule has 0 radical (unpaired) electrons. The number of unbranched alkanes of at least 4 members (excludes halogenated alkanes) is 2. The van der Waals surface area contributed by atoms with Crippen LogP contribution in [-0.4, -0.2) is 94.6 Å². The third kappa shape index (κ3) is 4.74. The lowest BCUT2D eigenvalue weighted by Gasteiger charge is -2.41. The van der Waals surface area contributed by atoms with E-state index in [4.69, 9.17) is 4.74 Å². The summed E-state index contributed by atoms with van der Waals surface area (Å²) in [6.45, 7) is 14.8. The minimum atomic E-state index is -1.06. The number of aliphatic hydroxyl groups excluding tert-OH is 1. The van der Waals surface area contributed by atoms with E-state index in [1.54, 1.807) is 33.9 Å². The number of fused-ring (bicyclic) bond motifs is 1. The van der Waals surface area contributed by atoms with Crippen LogP contribution in [0.2, 0.25) is 0 Å². The topological polar surface area (TPSA) is 90.4 Å². The molecule has 7 atom stereocenters. The van der Waals surface area contributed by atoms with Gasteiger partial charge in [-0.25, -0.2) is 0 Å². The van der Waals surface area contributed by atoms with Crippen molar-refractivity contribution in [3.8, 4) is 0 Å². The normalized spacial score (nSPS) is 30.1. The Morgan fingerprint density at radius 3 is 2.50 bits per heavy atom. The van der Waals surface area contributed by atoms with E-state index in [1.165, 1.54) is 0 Å². The first-order chi connectivity index (χ1) is 17.2. The van der Waals surface area contributed by atoms with Crippen molar-refractivity contribution in [2.75, 3.05) is 33.3 Å². The summed E-state index contributed by atoms with van der Waals surface area (Å²) in [5.41, 5.74) is -1.06. The lowest BCUT2D eigenvalue weighted by Crippen LogP contribution is -2.59. The maximum Gasteiger partial charge on any atom is 0.248 e. The summed E-state index contributed by atoms with van der Waals surface area (Å²) in [6.07, 6.45) is 7.79. The van der Waals surface area contributed by atoms with Crippen molar-refractivity contribution in [1.82, 2.24) is 14.7 Å². The maximum atomic E-state index is 14.3. The molecule has 202 valence electrons. The molecule has 8 nitrogen and oxygen atoms in total. The Morgan fingerprint density at radius 1 is 1.22 bits per heavy atom. The van der Waals surface area contributed by atoms with Gasteiger partial charge in [-0.15, -0.1) is 13.2 Å². The van der Waals surface area contributed by atoms with Crippen LogP contribution in [0.3, 0.4) is 0 Å². The second kappa shape index (κ2) is 11.9. The third-order valence-corrected chi connectivity index (χ3v) is 8.57. The molecule has 3 rings (SSSR count). The van der Waals surface area contributed by atoms with Crippen LogP contribution >= 0.6 is 0 Å². The minimum Gasteiger partial charge on any atom is -0.394 e. The van der Waals surface area contributed by atoms with E-state index in [0.717, 1.165) is 25.7 Å². The molecule has 0 saturated carbocycles. The summed E-state index contributed by atoms with van der Waals surface area (Å²) >= 11 is 0. The Bertz CT molecular complexity index is 847. The van der Waals surface area contributed by atoms with Crippen LogP contribution in [-0.2, 0) is 19.1 Å². The van der Waals surface area contributed by atoms with Crippen LogP contribution < -0.4 is 0 Å². The van der Waals surface area contributed by atoms with Gasteiger partial charge in [0.05, 0.1) is 30.6 Å². The molecule has 3 amide bonds. The number of rotatable bonds is 14. The van der Waals surface area contributed by atoms with E-state index in [1.807, 2.05) is 13.8 Å². The zero-order valence-electron chi connectivity index (χ0n) is 22.5. The standard InChI is InChI=1S/C28H45N3O5/c1-7-11-12-17-30(16-9-3)27(35)24-28-14-13-21(36-28)22(25(33)29(6)15-8-2)23(28)26(34)31(24)20(18-32)19(5)10-4/h8-9,19-24,32H,2-3,7,10-18H2,1,4-6H3/t19-,20-,21-,22+,23-,24?,28?/m0/s1. The van der Waals surface area contributed by atoms with E-state index < -0.39 is 29.5 Å². The summed E-state index contributed by atoms with van der Waals surface area (Å²) in [5, 5.41) is 10.4. The van der Waals surface area contributed by atoms with E-state index in [9.17, 15) is 19.5 Å². The maximum absolute atomic E-state index is 14.3. The number of ether oxygens (including phenoxy) is 1. The van der Waals surface area contributed by atoms with Gasteiger partial charge in [0.2, 0.25) is 17.7 Å². The average Bonchev–Trinajstić information content (AvgIpc) is 3.51. The van der Waals surface area contributed by atoms with Crippen LogP contribution in [0.5, 0.6) is 0 Å². The highest BCUT2D eigenvalue weighted by molar-refractivity contribution is 5.99. The monoisotopic (exact) mass is 503 g/mol. The Morgan fingerprint density at radius 2 is 1.92 bits per heavy atom. The van der Waals surface area contributed by atoms with Crippen molar-refractivity contribution >= 4 is 17.7 Å². The van der Waals surface area contributed by atoms with Crippen molar-refractivity contribution in [1.29, 1.82) is 0 Å². The largest absolute Gasteiger partial charge is 0.394 e. The number of hydrogen-bond donors (Lipinski definition) is 1. The molecule has 2 unspecified atom stereocenters. The van der Waals surface area contributed by atoms with Crippen molar-refractivity contribution in [2.24, 2.45) is 17.8 Å². The average molecular weight is 504 g/mol. The second-order valence-electron chi connectivity index (χ2n) is 10.7. The lowest BCUT2D eigenvalue weighted by molar-refractivity contribution is -0.153. The Balaban J connectivity index is 2.07. The SMILES string of the molecule is C=CCN(C)C(=O)[C@@H]1[C@@H]2CCC3(O2)C(C(=O)N(CC=C)CCCCC)N([C@@H](CO)[C@@H](C)CC)C(=O)[C@H]13. The molecular weight excluding hydrogens is 458 g/mol. The predicted octanol–water partition coefficient (Wildman–Crippen LogP) is 2.62. The molecule has 1 N–H and O–H groups in total. The molecule has 0 aromatic heterocycles. The number of amides is 3. The number of nitrogens with zero attached hydrogens (tertiary/aromatic N) is 3. The number of hydrogen-bond acceptors (Lipinski definition) is 5. The van der Waals surface area contributed by atoms with Gasteiger partial charge in [-0.1, -0.05) is 52.2 Å². The Labute approximate surface area is 216 Å². The van der Waals surface area contributed by atoms with Gasteiger partial charge in [-0.05, 0) is 25.2 Å². The number of likely N-dealkylation sites (N-methyl/N-ethyl adjacent to an activating group) is 1. The van der Waals surface area contributed by atoms with Crippen LogP contribution in [0.15, 0.2) is 25.3 Å². The Kier molecular flexibility index (Phi) is 9.39. The molecule has 3 aliphatic heterocycles. The summed E-state index contributed by atoms with van der Waals surface area (Å²) in [6, 6.07) is -1.39. The quantitative estimate of drug-likeness (QED) is 0.291. The number of carbonyl (C=O) groups is 3. The smallest absolute Gasteiger partial charge is 0.248 e. The van der Waals surface area contributed by atoms with Crippen LogP contribution in [0.25, 0.3) is 0 Å². The second-order valence-corrected chi connectivity index (χ2v) is 10.7.